The van der Waals surface area contributed by atoms with Gasteiger partial charge in [0.2, 0.25) is 5.91 Å². The van der Waals surface area contributed by atoms with Crippen LogP contribution in [-0.2, 0) is 17.8 Å². The van der Waals surface area contributed by atoms with Crippen LogP contribution in [0.2, 0.25) is 0 Å². The van der Waals surface area contributed by atoms with E-state index in [1.165, 1.54) is 0 Å². The number of amides is 1. The van der Waals surface area contributed by atoms with Gasteiger partial charge in [-0.1, -0.05) is 6.92 Å². The fraction of sp³-hybridized carbons (Fsp3) is 0.556. The molecule has 1 aromatic rings. The van der Waals surface area contributed by atoms with Crippen LogP contribution >= 0.6 is 11.3 Å². The number of rotatable bonds is 5. The van der Waals surface area contributed by atoms with E-state index in [1.807, 2.05) is 5.38 Å². The van der Waals surface area contributed by atoms with Crippen LogP contribution in [0.4, 0.5) is 0 Å². The summed E-state index contributed by atoms with van der Waals surface area (Å²) in [5.74, 6) is -0.0152. The van der Waals surface area contributed by atoms with Crippen LogP contribution in [0.15, 0.2) is 5.38 Å². The van der Waals surface area contributed by atoms with E-state index in [-0.39, 0.29) is 5.91 Å². The molecule has 1 rings (SSSR count). The van der Waals surface area contributed by atoms with E-state index in [9.17, 15) is 4.79 Å². The number of aromatic nitrogens is 1. The van der Waals surface area contributed by atoms with Gasteiger partial charge in [0, 0.05) is 18.3 Å². The zero-order chi connectivity index (χ0) is 10.4. The molecule has 78 valence electrons. The first-order chi connectivity index (χ1) is 6.76. The highest BCUT2D eigenvalue weighted by molar-refractivity contribution is 7.09. The molecule has 4 nitrogen and oxygen atoms in total. The monoisotopic (exact) mass is 213 g/mol. The highest BCUT2D eigenvalue weighted by Crippen LogP contribution is 2.09. The summed E-state index contributed by atoms with van der Waals surface area (Å²) in [4.78, 5) is 15.4. The summed E-state index contributed by atoms with van der Waals surface area (Å²) in [6.45, 7) is 2.97. The molecule has 0 spiro atoms. The van der Waals surface area contributed by atoms with Gasteiger partial charge in [0.15, 0.2) is 0 Å². The van der Waals surface area contributed by atoms with Crippen molar-refractivity contribution in [2.75, 3.05) is 6.54 Å². The van der Waals surface area contributed by atoms with Gasteiger partial charge in [0.05, 0.1) is 17.2 Å². The zero-order valence-corrected chi connectivity index (χ0v) is 9.06. The fourth-order valence-electron chi connectivity index (χ4n) is 1.00. The minimum atomic E-state index is -0.0152. The number of carbonyl (C=O) groups is 1. The van der Waals surface area contributed by atoms with Crippen molar-refractivity contribution in [2.45, 2.75) is 26.3 Å². The summed E-state index contributed by atoms with van der Waals surface area (Å²) in [5, 5.41) is 5.84. The van der Waals surface area contributed by atoms with Crippen molar-refractivity contribution >= 4 is 17.2 Å². The maximum atomic E-state index is 11.1. The van der Waals surface area contributed by atoms with E-state index < -0.39 is 0 Å². The third-order valence-corrected chi connectivity index (χ3v) is 2.78. The summed E-state index contributed by atoms with van der Waals surface area (Å²) < 4.78 is 0. The molecule has 5 heteroatoms. The highest BCUT2D eigenvalue weighted by Gasteiger charge is 2.02. The molecule has 0 saturated carbocycles. The normalized spacial score (nSPS) is 10.1. The number of nitrogens with two attached hydrogens (primary N) is 1. The van der Waals surface area contributed by atoms with Gasteiger partial charge in [-0.3, -0.25) is 4.79 Å². The third kappa shape index (κ3) is 3.43. The molecule has 0 atom stereocenters. The predicted molar refractivity (Wildman–Crippen MR) is 57.0 cm³/mol. The lowest BCUT2D eigenvalue weighted by Gasteiger charge is -2.00. The van der Waals surface area contributed by atoms with Crippen LogP contribution in [0.25, 0.3) is 0 Å². The Morgan fingerprint density at radius 1 is 1.71 bits per heavy atom. The molecular formula is C9H15N3OS. The summed E-state index contributed by atoms with van der Waals surface area (Å²) >= 11 is 1.63. The Bertz CT molecular complexity index is 298. The number of nitrogens with zero attached hydrogens (tertiary/aromatic N) is 1. The number of carbonyl (C=O) groups excluding carboxylic acids is 1. The Hall–Kier alpha value is -0.940. The number of hydrogen-bond acceptors (Lipinski definition) is 4. The summed E-state index contributed by atoms with van der Waals surface area (Å²) in [6, 6.07) is 0. The van der Waals surface area contributed by atoms with Crippen molar-refractivity contribution in [1.82, 2.24) is 10.3 Å². The van der Waals surface area contributed by atoms with Gasteiger partial charge >= 0.3 is 0 Å². The largest absolute Gasteiger partial charge is 0.350 e. The van der Waals surface area contributed by atoms with Gasteiger partial charge in [-0.15, -0.1) is 11.3 Å². The molecule has 0 radical (unpaired) electrons. The van der Waals surface area contributed by atoms with Crippen molar-refractivity contribution in [3.8, 4) is 0 Å². The highest BCUT2D eigenvalue weighted by atomic mass is 32.1. The second kappa shape index (κ2) is 5.72. The van der Waals surface area contributed by atoms with Crippen LogP contribution in [-0.4, -0.2) is 17.4 Å². The fourth-order valence-corrected chi connectivity index (χ4v) is 1.75. The van der Waals surface area contributed by atoms with Crippen molar-refractivity contribution in [3.63, 3.8) is 0 Å². The van der Waals surface area contributed by atoms with Crippen molar-refractivity contribution < 1.29 is 4.79 Å². The average molecular weight is 213 g/mol. The van der Waals surface area contributed by atoms with Gasteiger partial charge in [0.25, 0.3) is 0 Å². The van der Waals surface area contributed by atoms with Crippen LogP contribution < -0.4 is 11.1 Å². The molecule has 0 bridgehead atoms. The average Bonchev–Trinajstić information content (AvgIpc) is 2.63. The first kappa shape index (κ1) is 11.1. The molecule has 3 N–H and O–H groups in total. The molecule has 14 heavy (non-hydrogen) atoms. The Morgan fingerprint density at radius 3 is 3.07 bits per heavy atom. The smallest absolute Gasteiger partial charge is 0.221 e. The van der Waals surface area contributed by atoms with Gasteiger partial charge in [-0.05, 0) is 6.42 Å². The SMILES string of the molecule is CCc1nc(CNC(=O)CCN)cs1. The van der Waals surface area contributed by atoms with E-state index in [0.29, 0.717) is 19.5 Å². The van der Waals surface area contributed by atoms with E-state index in [0.717, 1.165) is 17.1 Å². The molecule has 0 aliphatic rings. The lowest BCUT2D eigenvalue weighted by atomic mass is 10.4. The second-order valence-electron chi connectivity index (χ2n) is 2.90. The number of hydrogen-bond donors (Lipinski definition) is 2. The van der Waals surface area contributed by atoms with Gasteiger partial charge in [0.1, 0.15) is 0 Å². The number of thiazole rings is 1. The third-order valence-electron chi connectivity index (χ3n) is 1.74. The van der Waals surface area contributed by atoms with Crippen LogP contribution in [0, 0.1) is 0 Å². The molecule has 0 fully saturated rings. The molecule has 0 aliphatic heterocycles. The summed E-state index contributed by atoms with van der Waals surface area (Å²) in [5.41, 5.74) is 6.18. The zero-order valence-electron chi connectivity index (χ0n) is 8.25. The molecule has 0 aromatic carbocycles. The second-order valence-corrected chi connectivity index (χ2v) is 3.84. The molecule has 1 amide bonds. The standard InChI is InChI=1S/C9H15N3OS/c1-2-9-12-7(6-14-9)5-11-8(13)3-4-10/h6H,2-5,10H2,1H3,(H,11,13). The van der Waals surface area contributed by atoms with Gasteiger partial charge in [-0.2, -0.15) is 0 Å². The Kier molecular flexibility index (Phi) is 4.55. The maximum Gasteiger partial charge on any atom is 0.221 e. The van der Waals surface area contributed by atoms with Gasteiger partial charge in [-0.25, -0.2) is 4.98 Å². The molecule has 1 heterocycles. The van der Waals surface area contributed by atoms with Crippen LogP contribution in [0.5, 0.6) is 0 Å². The maximum absolute atomic E-state index is 11.1. The summed E-state index contributed by atoms with van der Waals surface area (Å²) in [6.07, 6.45) is 1.33. The van der Waals surface area contributed by atoms with Crippen molar-refractivity contribution in [3.05, 3.63) is 16.1 Å². The summed E-state index contributed by atoms with van der Waals surface area (Å²) in [7, 11) is 0. The number of aryl methyl sites for hydroxylation is 1. The van der Waals surface area contributed by atoms with E-state index in [1.54, 1.807) is 11.3 Å². The lowest BCUT2D eigenvalue weighted by Crippen LogP contribution is -2.25. The Balaban J connectivity index is 2.34. The molecule has 0 aliphatic carbocycles. The van der Waals surface area contributed by atoms with E-state index in [2.05, 4.69) is 17.2 Å². The van der Waals surface area contributed by atoms with E-state index in [4.69, 9.17) is 5.73 Å². The predicted octanol–water partition coefficient (Wildman–Crippen LogP) is 0.671. The first-order valence-electron chi connectivity index (χ1n) is 4.66. The molecule has 1 aromatic heterocycles. The minimum Gasteiger partial charge on any atom is -0.350 e. The number of nitrogens with one attached hydrogen (secondary N) is 1. The molecule has 0 saturated heterocycles. The quantitative estimate of drug-likeness (QED) is 0.755. The lowest BCUT2D eigenvalue weighted by molar-refractivity contribution is -0.121. The topological polar surface area (TPSA) is 68.0 Å². The first-order valence-corrected chi connectivity index (χ1v) is 5.54. The van der Waals surface area contributed by atoms with Gasteiger partial charge < -0.3 is 11.1 Å². The van der Waals surface area contributed by atoms with Crippen molar-refractivity contribution in [2.24, 2.45) is 5.73 Å². The van der Waals surface area contributed by atoms with Crippen LogP contribution in [0.3, 0.4) is 0 Å². The molecular weight excluding hydrogens is 198 g/mol. The van der Waals surface area contributed by atoms with E-state index >= 15 is 0 Å². The van der Waals surface area contributed by atoms with Crippen LogP contribution in [0.1, 0.15) is 24.0 Å². The minimum absolute atomic E-state index is 0.0152. The Morgan fingerprint density at radius 2 is 2.50 bits per heavy atom. The molecule has 0 unspecified atom stereocenters. The Labute approximate surface area is 87.5 Å². The van der Waals surface area contributed by atoms with Crippen molar-refractivity contribution in [1.29, 1.82) is 0 Å².